The quantitative estimate of drug-likeness (QED) is 0.468. The molecule has 3 heterocycles. The van der Waals surface area contributed by atoms with Crippen molar-refractivity contribution < 1.29 is 9.53 Å². The number of thioether (sulfide) groups is 1. The first-order valence-corrected chi connectivity index (χ1v) is 11.4. The zero-order chi connectivity index (χ0) is 21.2. The van der Waals surface area contributed by atoms with Crippen molar-refractivity contribution in [1.82, 2.24) is 24.9 Å². The molecule has 8 heteroatoms. The first-order valence-electron chi connectivity index (χ1n) is 10.4. The fourth-order valence-electron chi connectivity index (χ4n) is 3.76. The van der Waals surface area contributed by atoms with Gasteiger partial charge in [-0.1, -0.05) is 53.7 Å². The number of carbonyl (C=O) groups excluding carboxylic acids is 1. The summed E-state index contributed by atoms with van der Waals surface area (Å²) in [5, 5.41) is 13.4. The summed E-state index contributed by atoms with van der Waals surface area (Å²) in [6, 6.07) is 16.1. The summed E-state index contributed by atoms with van der Waals surface area (Å²) in [7, 11) is 0. The molecular weight excluding hydrogens is 410 g/mol. The smallest absolute Gasteiger partial charge is 0.230 e. The summed E-state index contributed by atoms with van der Waals surface area (Å²) in [6.45, 7) is 3.40. The molecule has 7 nitrogen and oxygen atoms in total. The fourth-order valence-corrected chi connectivity index (χ4v) is 4.53. The number of hydrogen-bond acceptors (Lipinski definition) is 6. The van der Waals surface area contributed by atoms with E-state index in [9.17, 15) is 4.79 Å². The number of rotatable bonds is 6. The third-order valence-electron chi connectivity index (χ3n) is 5.41. The lowest BCUT2D eigenvalue weighted by molar-refractivity contribution is -0.119. The Balaban J connectivity index is 1.46. The summed E-state index contributed by atoms with van der Waals surface area (Å²) < 4.78 is 7.52. The van der Waals surface area contributed by atoms with E-state index in [4.69, 9.17) is 9.72 Å². The second-order valence-corrected chi connectivity index (χ2v) is 8.63. The highest BCUT2D eigenvalue weighted by Crippen LogP contribution is 2.29. The minimum atomic E-state index is -0.0390. The SMILES string of the molecule is Cc1ccc(-c2nc3ccccc3c3nnc(SCC(=O)NC[C@@H]4CCCO4)n23)cc1. The van der Waals surface area contributed by atoms with Crippen molar-refractivity contribution in [2.75, 3.05) is 18.9 Å². The van der Waals surface area contributed by atoms with E-state index in [1.165, 1.54) is 17.3 Å². The molecule has 0 radical (unpaired) electrons. The largest absolute Gasteiger partial charge is 0.376 e. The van der Waals surface area contributed by atoms with Crippen LogP contribution in [0.5, 0.6) is 0 Å². The molecule has 0 saturated carbocycles. The van der Waals surface area contributed by atoms with Gasteiger partial charge in [-0.05, 0) is 31.9 Å². The molecule has 0 bridgehead atoms. The number of amides is 1. The summed E-state index contributed by atoms with van der Waals surface area (Å²) in [6.07, 6.45) is 2.19. The van der Waals surface area contributed by atoms with E-state index >= 15 is 0 Å². The molecule has 31 heavy (non-hydrogen) atoms. The highest BCUT2D eigenvalue weighted by molar-refractivity contribution is 7.99. The molecule has 0 unspecified atom stereocenters. The first kappa shape index (κ1) is 20.0. The summed E-state index contributed by atoms with van der Waals surface area (Å²) >= 11 is 1.36. The molecule has 158 valence electrons. The van der Waals surface area contributed by atoms with Crippen LogP contribution in [0.25, 0.3) is 27.9 Å². The van der Waals surface area contributed by atoms with Crippen molar-refractivity contribution in [3.05, 3.63) is 54.1 Å². The maximum atomic E-state index is 12.4. The van der Waals surface area contributed by atoms with Gasteiger partial charge in [0.1, 0.15) is 5.82 Å². The van der Waals surface area contributed by atoms with Crippen LogP contribution in [0, 0.1) is 6.92 Å². The van der Waals surface area contributed by atoms with E-state index in [2.05, 4.69) is 46.7 Å². The lowest BCUT2D eigenvalue weighted by Gasteiger charge is -2.11. The second kappa shape index (κ2) is 8.64. The number of hydrogen-bond donors (Lipinski definition) is 1. The average molecular weight is 434 g/mol. The third kappa shape index (κ3) is 4.13. The molecule has 0 aliphatic carbocycles. The Labute approximate surface area is 184 Å². The molecule has 1 atom stereocenters. The monoisotopic (exact) mass is 433 g/mol. The Kier molecular flexibility index (Phi) is 5.57. The molecule has 1 amide bonds. The van der Waals surface area contributed by atoms with Crippen molar-refractivity contribution in [2.24, 2.45) is 0 Å². The van der Waals surface area contributed by atoms with Gasteiger partial charge in [-0.15, -0.1) is 10.2 Å². The molecule has 1 aliphatic rings. The van der Waals surface area contributed by atoms with E-state index in [-0.39, 0.29) is 17.8 Å². The summed E-state index contributed by atoms with van der Waals surface area (Å²) in [4.78, 5) is 17.3. The topological polar surface area (TPSA) is 81.4 Å². The molecule has 1 fully saturated rings. The number of nitrogens with one attached hydrogen (secondary N) is 1. The Morgan fingerprint density at radius 2 is 2.03 bits per heavy atom. The number of carbonyl (C=O) groups is 1. The molecule has 4 aromatic rings. The zero-order valence-electron chi connectivity index (χ0n) is 17.2. The maximum absolute atomic E-state index is 12.4. The highest BCUT2D eigenvalue weighted by Gasteiger charge is 2.19. The van der Waals surface area contributed by atoms with E-state index in [1.807, 2.05) is 28.7 Å². The van der Waals surface area contributed by atoms with Gasteiger partial charge in [-0.2, -0.15) is 0 Å². The highest BCUT2D eigenvalue weighted by atomic mass is 32.2. The standard InChI is InChI=1S/C23H23N5O2S/c1-15-8-10-16(11-9-15)21-25-19-7-3-2-6-18(19)22-26-27-23(28(21)22)31-14-20(29)24-13-17-5-4-12-30-17/h2-3,6-11,17H,4-5,12-14H2,1H3,(H,24,29)/t17-/m0/s1. The number of benzene rings is 2. The van der Waals surface area contributed by atoms with E-state index < -0.39 is 0 Å². The summed E-state index contributed by atoms with van der Waals surface area (Å²) in [5.41, 5.74) is 3.76. The minimum Gasteiger partial charge on any atom is -0.376 e. The minimum absolute atomic E-state index is 0.0390. The second-order valence-electron chi connectivity index (χ2n) is 7.69. The average Bonchev–Trinajstić information content (AvgIpc) is 3.46. The Hall–Kier alpha value is -2.97. The van der Waals surface area contributed by atoms with E-state index in [0.29, 0.717) is 11.7 Å². The number of fused-ring (bicyclic) bond motifs is 3. The van der Waals surface area contributed by atoms with Gasteiger partial charge in [-0.25, -0.2) is 4.98 Å². The number of aromatic nitrogens is 4. The Morgan fingerprint density at radius 3 is 2.84 bits per heavy atom. The van der Waals surface area contributed by atoms with E-state index in [1.54, 1.807) is 0 Å². The first-order chi connectivity index (χ1) is 15.2. The van der Waals surface area contributed by atoms with Crippen LogP contribution >= 0.6 is 11.8 Å². The number of aryl methyl sites for hydroxylation is 1. The predicted molar refractivity (Wildman–Crippen MR) is 121 cm³/mol. The molecule has 0 spiro atoms. The molecule has 2 aromatic heterocycles. The number of nitrogens with zero attached hydrogens (tertiary/aromatic N) is 4. The van der Waals surface area contributed by atoms with Crippen molar-refractivity contribution in [1.29, 1.82) is 0 Å². The lowest BCUT2D eigenvalue weighted by Crippen LogP contribution is -2.32. The van der Waals surface area contributed by atoms with Crippen molar-refractivity contribution in [3.63, 3.8) is 0 Å². The van der Waals surface area contributed by atoms with Crippen molar-refractivity contribution in [3.8, 4) is 11.4 Å². The lowest BCUT2D eigenvalue weighted by atomic mass is 10.1. The Bertz CT molecular complexity index is 1230. The predicted octanol–water partition coefficient (Wildman–Crippen LogP) is 3.64. The van der Waals surface area contributed by atoms with Gasteiger partial charge < -0.3 is 10.1 Å². The van der Waals surface area contributed by atoms with Crippen LogP contribution in [0.4, 0.5) is 0 Å². The van der Waals surface area contributed by atoms with Crippen LogP contribution in [0.3, 0.4) is 0 Å². The Morgan fingerprint density at radius 1 is 1.19 bits per heavy atom. The third-order valence-corrected chi connectivity index (χ3v) is 6.34. The molecular formula is C23H23N5O2S. The van der Waals surface area contributed by atoms with Gasteiger partial charge in [0.05, 0.1) is 17.4 Å². The van der Waals surface area contributed by atoms with Gasteiger partial charge in [0.2, 0.25) is 5.91 Å². The van der Waals surface area contributed by atoms with Crippen LogP contribution < -0.4 is 5.32 Å². The van der Waals surface area contributed by atoms with Crippen molar-refractivity contribution in [2.45, 2.75) is 31.0 Å². The molecule has 1 N–H and O–H groups in total. The number of ether oxygens (including phenoxy) is 1. The van der Waals surface area contributed by atoms with Crippen LogP contribution in [0.15, 0.2) is 53.7 Å². The van der Waals surface area contributed by atoms with Crippen LogP contribution in [-0.2, 0) is 9.53 Å². The van der Waals surface area contributed by atoms with Gasteiger partial charge in [0, 0.05) is 24.1 Å². The molecule has 1 saturated heterocycles. The van der Waals surface area contributed by atoms with Crippen molar-refractivity contribution >= 4 is 34.2 Å². The van der Waals surface area contributed by atoms with Crippen LogP contribution in [0.1, 0.15) is 18.4 Å². The fraction of sp³-hybridized carbons (Fsp3) is 0.304. The van der Waals surface area contributed by atoms with Crippen LogP contribution in [0.2, 0.25) is 0 Å². The summed E-state index contributed by atoms with van der Waals surface area (Å²) in [5.74, 6) is 0.983. The normalized spacial score (nSPS) is 16.2. The molecule has 5 rings (SSSR count). The molecule has 1 aliphatic heterocycles. The zero-order valence-corrected chi connectivity index (χ0v) is 18.1. The van der Waals surface area contributed by atoms with Crippen LogP contribution in [-0.4, -0.2) is 50.5 Å². The van der Waals surface area contributed by atoms with Gasteiger partial charge in [-0.3, -0.25) is 9.20 Å². The molecule has 2 aromatic carbocycles. The van der Waals surface area contributed by atoms with Gasteiger partial charge in [0.25, 0.3) is 0 Å². The maximum Gasteiger partial charge on any atom is 0.230 e. The van der Waals surface area contributed by atoms with Gasteiger partial charge >= 0.3 is 0 Å². The number of para-hydroxylation sites is 1. The van der Waals surface area contributed by atoms with Gasteiger partial charge in [0.15, 0.2) is 10.8 Å². The van der Waals surface area contributed by atoms with E-state index in [0.717, 1.165) is 47.4 Å².